The molecule has 0 aliphatic carbocycles. The Hall–Kier alpha value is -2.08. The largest absolute Gasteiger partial charge is 0.479 e. The lowest BCUT2D eigenvalue weighted by atomic mass is 9.99. The number of hydrogen-bond acceptors (Lipinski definition) is 4. The number of nitrogens with zero attached hydrogens (tertiary/aromatic N) is 2. The Morgan fingerprint density at radius 2 is 1.93 bits per heavy atom. The van der Waals surface area contributed by atoms with Gasteiger partial charge in [-0.2, -0.15) is 0 Å². The highest BCUT2D eigenvalue weighted by Gasteiger charge is 2.31. The number of amides is 2. The molecule has 0 spiro atoms. The highest BCUT2D eigenvalue weighted by atomic mass is 16.5. The van der Waals surface area contributed by atoms with Crippen molar-refractivity contribution in [2.45, 2.75) is 45.6 Å². The molecule has 1 N–H and O–H groups in total. The average molecular weight is 373 g/mol. The van der Waals surface area contributed by atoms with Crippen LogP contribution in [0.15, 0.2) is 24.3 Å². The molecule has 148 valence electrons. The summed E-state index contributed by atoms with van der Waals surface area (Å²) in [5.41, 5.74) is 0.743. The fourth-order valence-electron chi connectivity index (χ4n) is 3.71. The molecule has 0 saturated carbocycles. The number of anilines is 1. The van der Waals surface area contributed by atoms with Crippen LogP contribution in [0.5, 0.6) is 5.75 Å². The van der Waals surface area contributed by atoms with Crippen LogP contribution in [0.3, 0.4) is 0 Å². The summed E-state index contributed by atoms with van der Waals surface area (Å²) < 4.78 is 5.63. The van der Waals surface area contributed by atoms with E-state index in [-0.39, 0.29) is 11.8 Å². The minimum atomic E-state index is -0.518. The number of nitrogens with one attached hydrogen (secondary N) is 1. The van der Waals surface area contributed by atoms with E-state index in [1.165, 1.54) is 25.9 Å². The van der Waals surface area contributed by atoms with Crippen LogP contribution >= 0.6 is 0 Å². The van der Waals surface area contributed by atoms with Crippen LogP contribution in [0.1, 0.15) is 39.5 Å². The molecule has 0 bridgehead atoms. The summed E-state index contributed by atoms with van der Waals surface area (Å²) >= 11 is 0. The predicted molar refractivity (Wildman–Crippen MR) is 106 cm³/mol. The number of para-hydroxylation sites is 2. The zero-order chi connectivity index (χ0) is 19.2. The normalized spacial score (nSPS) is 20.9. The standard InChI is InChI=1S/C21H31N3O3/c1-16-8-13-23(14-9-16)12-5-11-22-20(25)10-15-24-18-6-3-4-7-19(18)27-17(2)21(24)26/h3-4,6-7,16-17H,5,8-15H2,1-2H3,(H,22,25). The molecule has 6 nitrogen and oxygen atoms in total. The Labute approximate surface area is 161 Å². The van der Waals surface area contributed by atoms with Gasteiger partial charge in [0.25, 0.3) is 5.91 Å². The molecule has 1 aromatic carbocycles. The van der Waals surface area contributed by atoms with Gasteiger partial charge in [0, 0.05) is 19.5 Å². The van der Waals surface area contributed by atoms with Crippen LogP contribution in [-0.2, 0) is 9.59 Å². The second kappa shape index (κ2) is 9.22. The van der Waals surface area contributed by atoms with Crippen molar-refractivity contribution < 1.29 is 14.3 Å². The second-order valence-electron chi connectivity index (χ2n) is 7.70. The van der Waals surface area contributed by atoms with Crippen LogP contribution in [0.25, 0.3) is 0 Å². The smallest absolute Gasteiger partial charge is 0.267 e. The summed E-state index contributed by atoms with van der Waals surface area (Å²) in [5, 5.41) is 2.99. The van der Waals surface area contributed by atoms with Crippen molar-refractivity contribution in [1.29, 1.82) is 0 Å². The lowest BCUT2D eigenvalue weighted by Crippen LogP contribution is -2.45. The van der Waals surface area contributed by atoms with Gasteiger partial charge in [-0.1, -0.05) is 19.1 Å². The van der Waals surface area contributed by atoms with Crippen LogP contribution < -0.4 is 15.0 Å². The first-order valence-corrected chi connectivity index (χ1v) is 10.1. The molecule has 1 unspecified atom stereocenters. The van der Waals surface area contributed by atoms with E-state index in [2.05, 4.69) is 17.1 Å². The van der Waals surface area contributed by atoms with Gasteiger partial charge in [-0.05, 0) is 63.9 Å². The van der Waals surface area contributed by atoms with E-state index in [9.17, 15) is 9.59 Å². The van der Waals surface area contributed by atoms with Gasteiger partial charge in [-0.15, -0.1) is 0 Å². The number of benzene rings is 1. The summed E-state index contributed by atoms with van der Waals surface area (Å²) in [6.45, 7) is 8.51. The van der Waals surface area contributed by atoms with Crippen LogP contribution in [0.2, 0.25) is 0 Å². The van der Waals surface area contributed by atoms with E-state index in [0.717, 1.165) is 24.6 Å². The van der Waals surface area contributed by atoms with Crippen LogP contribution in [-0.4, -0.2) is 55.5 Å². The van der Waals surface area contributed by atoms with E-state index in [4.69, 9.17) is 4.74 Å². The fraction of sp³-hybridized carbons (Fsp3) is 0.619. The van der Waals surface area contributed by atoms with Gasteiger partial charge < -0.3 is 19.9 Å². The quantitative estimate of drug-likeness (QED) is 0.746. The van der Waals surface area contributed by atoms with Crippen molar-refractivity contribution in [3.63, 3.8) is 0 Å². The topological polar surface area (TPSA) is 61.9 Å². The molecule has 27 heavy (non-hydrogen) atoms. The number of ether oxygens (including phenoxy) is 1. The third-order valence-electron chi connectivity index (χ3n) is 5.49. The van der Waals surface area contributed by atoms with Gasteiger partial charge in [0.15, 0.2) is 6.10 Å². The van der Waals surface area contributed by atoms with Gasteiger partial charge in [0.05, 0.1) is 5.69 Å². The fourth-order valence-corrected chi connectivity index (χ4v) is 3.71. The number of hydrogen-bond donors (Lipinski definition) is 1. The van der Waals surface area contributed by atoms with Crippen LogP contribution in [0, 0.1) is 5.92 Å². The minimum absolute atomic E-state index is 0.00769. The number of likely N-dealkylation sites (tertiary alicyclic amines) is 1. The van der Waals surface area contributed by atoms with Crippen molar-refractivity contribution >= 4 is 17.5 Å². The minimum Gasteiger partial charge on any atom is -0.479 e. The second-order valence-corrected chi connectivity index (χ2v) is 7.70. The van der Waals surface area contributed by atoms with Crippen molar-refractivity contribution in [2.75, 3.05) is 37.6 Å². The van der Waals surface area contributed by atoms with Crippen molar-refractivity contribution in [2.24, 2.45) is 5.92 Å². The van der Waals surface area contributed by atoms with E-state index < -0.39 is 6.10 Å². The predicted octanol–water partition coefficient (Wildman–Crippen LogP) is 2.43. The van der Waals surface area contributed by atoms with E-state index in [1.54, 1.807) is 11.8 Å². The first-order chi connectivity index (χ1) is 13.0. The molecule has 3 rings (SSSR count). The van der Waals surface area contributed by atoms with E-state index in [0.29, 0.717) is 25.3 Å². The van der Waals surface area contributed by atoms with Crippen molar-refractivity contribution in [1.82, 2.24) is 10.2 Å². The van der Waals surface area contributed by atoms with Gasteiger partial charge in [0.1, 0.15) is 5.75 Å². The van der Waals surface area contributed by atoms with Crippen LogP contribution in [0.4, 0.5) is 5.69 Å². The maximum Gasteiger partial charge on any atom is 0.267 e. The molecule has 2 aliphatic heterocycles. The first kappa shape index (κ1) is 19.7. The average Bonchev–Trinajstić information content (AvgIpc) is 2.67. The third-order valence-corrected chi connectivity index (χ3v) is 5.49. The number of rotatable bonds is 7. The molecule has 2 heterocycles. The van der Waals surface area contributed by atoms with Gasteiger partial charge in [-0.25, -0.2) is 0 Å². The van der Waals surface area contributed by atoms with Crippen molar-refractivity contribution in [3.8, 4) is 5.75 Å². The third kappa shape index (κ3) is 5.22. The molecule has 6 heteroatoms. The highest BCUT2D eigenvalue weighted by molar-refractivity contribution is 6.00. The molecule has 1 fully saturated rings. The van der Waals surface area contributed by atoms with Gasteiger partial charge in [-0.3, -0.25) is 9.59 Å². The lowest BCUT2D eigenvalue weighted by Gasteiger charge is -2.32. The summed E-state index contributed by atoms with van der Waals surface area (Å²) in [5.74, 6) is 1.44. The lowest BCUT2D eigenvalue weighted by molar-refractivity contribution is -0.125. The number of carbonyl (C=O) groups is 2. The zero-order valence-corrected chi connectivity index (χ0v) is 16.4. The molecule has 1 saturated heterocycles. The van der Waals surface area contributed by atoms with E-state index >= 15 is 0 Å². The summed E-state index contributed by atoms with van der Waals surface area (Å²) in [6.07, 6.45) is 3.31. The SMILES string of the molecule is CC1CCN(CCCNC(=O)CCN2C(=O)C(C)Oc3ccccc32)CC1. The zero-order valence-electron chi connectivity index (χ0n) is 16.4. The Morgan fingerprint density at radius 1 is 1.19 bits per heavy atom. The molecular weight excluding hydrogens is 342 g/mol. The summed E-state index contributed by atoms with van der Waals surface area (Å²) in [7, 11) is 0. The molecule has 0 aromatic heterocycles. The number of piperidine rings is 1. The summed E-state index contributed by atoms with van der Waals surface area (Å²) in [4.78, 5) is 28.8. The van der Waals surface area contributed by atoms with Gasteiger partial charge in [0.2, 0.25) is 5.91 Å². The molecule has 2 amide bonds. The van der Waals surface area contributed by atoms with Crippen molar-refractivity contribution in [3.05, 3.63) is 24.3 Å². The highest BCUT2D eigenvalue weighted by Crippen LogP contribution is 2.33. The molecule has 0 radical (unpaired) electrons. The maximum absolute atomic E-state index is 12.4. The van der Waals surface area contributed by atoms with Gasteiger partial charge >= 0.3 is 0 Å². The molecule has 1 atom stereocenters. The first-order valence-electron chi connectivity index (χ1n) is 10.1. The number of carbonyl (C=O) groups excluding carboxylic acids is 2. The Balaban J connectivity index is 1.39. The summed E-state index contributed by atoms with van der Waals surface area (Å²) in [6, 6.07) is 7.47. The molecule has 2 aliphatic rings. The maximum atomic E-state index is 12.4. The Morgan fingerprint density at radius 3 is 2.70 bits per heavy atom. The molecule has 1 aromatic rings. The monoisotopic (exact) mass is 373 g/mol. The Kier molecular flexibility index (Phi) is 6.72. The molecular formula is C21H31N3O3. The van der Waals surface area contributed by atoms with E-state index in [1.807, 2.05) is 24.3 Å². The number of fused-ring (bicyclic) bond motifs is 1. The Bertz CT molecular complexity index is 656.